The molecule has 2 rings (SSSR count). The first-order valence-corrected chi connectivity index (χ1v) is 8.47. The number of nitrogens with zero attached hydrogens (tertiary/aromatic N) is 1. The van der Waals surface area contributed by atoms with E-state index in [1.165, 1.54) is 5.56 Å². The van der Waals surface area contributed by atoms with E-state index in [9.17, 15) is 0 Å². The van der Waals surface area contributed by atoms with Gasteiger partial charge in [-0.3, -0.25) is 4.90 Å². The normalized spacial score (nSPS) is 22.4. The van der Waals surface area contributed by atoms with E-state index in [4.69, 9.17) is 9.84 Å². The van der Waals surface area contributed by atoms with E-state index < -0.39 is 0 Å². The minimum Gasteiger partial charge on any atom is -0.396 e. The van der Waals surface area contributed by atoms with Gasteiger partial charge in [-0.15, -0.1) is 0 Å². The second kappa shape index (κ2) is 9.26. The van der Waals surface area contributed by atoms with Crippen LogP contribution in [-0.2, 0) is 11.3 Å². The molecule has 1 aliphatic rings. The Morgan fingerprint density at radius 3 is 2.82 bits per heavy atom. The molecule has 22 heavy (non-hydrogen) atoms. The van der Waals surface area contributed by atoms with E-state index >= 15 is 0 Å². The van der Waals surface area contributed by atoms with Crippen LogP contribution in [0.3, 0.4) is 0 Å². The Morgan fingerprint density at radius 1 is 1.36 bits per heavy atom. The average Bonchev–Trinajstić information content (AvgIpc) is 2.55. The van der Waals surface area contributed by atoms with E-state index in [1.54, 1.807) is 0 Å². The Bertz CT molecular complexity index is 413. The van der Waals surface area contributed by atoms with Crippen molar-refractivity contribution in [3.05, 3.63) is 35.9 Å². The van der Waals surface area contributed by atoms with Crippen molar-refractivity contribution in [1.29, 1.82) is 0 Å². The third-order valence-corrected chi connectivity index (χ3v) is 4.45. The number of aliphatic hydroxyl groups excluding tert-OH is 1. The summed E-state index contributed by atoms with van der Waals surface area (Å²) in [4.78, 5) is 2.47. The summed E-state index contributed by atoms with van der Waals surface area (Å²) in [6.07, 6.45) is 2.05. The Kier molecular flexibility index (Phi) is 7.33. The predicted molar refractivity (Wildman–Crippen MR) is 89.8 cm³/mol. The summed E-state index contributed by atoms with van der Waals surface area (Å²) < 4.78 is 5.96. The average molecular weight is 306 g/mol. The lowest BCUT2D eigenvalue weighted by atomic mass is 10.1. The summed E-state index contributed by atoms with van der Waals surface area (Å²) >= 11 is 0. The molecule has 0 bridgehead atoms. The van der Waals surface area contributed by atoms with Crippen molar-refractivity contribution in [2.24, 2.45) is 0 Å². The van der Waals surface area contributed by atoms with Crippen molar-refractivity contribution in [3.8, 4) is 0 Å². The summed E-state index contributed by atoms with van der Waals surface area (Å²) in [5.41, 5.74) is 1.36. The zero-order chi connectivity index (χ0) is 15.8. The molecule has 3 atom stereocenters. The number of hydrogen-bond donors (Lipinski definition) is 2. The van der Waals surface area contributed by atoms with Gasteiger partial charge in [-0.05, 0) is 25.3 Å². The quantitative estimate of drug-likeness (QED) is 0.771. The highest BCUT2D eigenvalue weighted by molar-refractivity contribution is 5.14. The van der Waals surface area contributed by atoms with Crippen LogP contribution in [0, 0.1) is 0 Å². The third kappa shape index (κ3) is 5.36. The van der Waals surface area contributed by atoms with Crippen LogP contribution in [0.15, 0.2) is 30.3 Å². The van der Waals surface area contributed by atoms with Crippen LogP contribution >= 0.6 is 0 Å². The molecule has 1 saturated heterocycles. The number of aliphatic hydroxyl groups is 1. The van der Waals surface area contributed by atoms with Crippen LogP contribution in [0.1, 0.15) is 32.3 Å². The molecule has 2 N–H and O–H groups in total. The van der Waals surface area contributed by atoms with Crippen LogP contribution in [-0.4, -0.2) is 54.5 Å². The van der Waals surface area contributed by atoms with Gasteiger partial charge in [0.1, 0.15) is 0 Å². The number of rotatable bonds is 8. The van der Waals surface area contributed by atoms with E-state index in [-0.39, 0.29) is 12.7 Å². The fourth-order valence-corrected chi connectivity index (χ4v) is 3.06. The van der Waals surface area contributed by atoms with E-state index in [0.717, 1.165) is 39.1 Å². The van der Waals surface area contributed by atoms with Gasteiger partial charge in [0.15, 0.2) is 0 Å². The first-order chi connectivity index (χ1) is 10.7. The molecule has 4 nitrogen and oxygen atoms in total. The van der Waals surface area contributed by atoms with E-state index in [1.807, 2.05) is 0 Å². The maximum Gasteiger partial charge on any atom is 0.0852 e. The standard InChI is InChI=1S/C18H30N2O2/c1-3-17(9-11-21)19-15(2)18-14-20(10-12-22-18)13-16-7-5-4-6-8-16/h4-8,15,17-19,21H,3,9-14H2,1-2H3. The molecule has 0 saturated carbocycles. The zero-order valence-electron chi connectivity index (χ0n) is 13.9. The molecular weight excluding hydrogens is 276 g/mol. The molecule has 1 aromatic rings. The molecule has 124 valence electrons. The number of hydrogen-bond acceptors (Lipinski definition) is 4. The summed E-state index contributed by atoms with van der Waals surface area (Å²) in [6.45, 7) is 8.32. The van der Waals surface area contributed by atoms with Crippen LogP contribution in [0.2, 0.25) is 0 Å². The highest BCUT2D eigenvalue weighted by atomic mass is 16.5. The second-order valence-corrected chi connectivity index (χ2v) is 6.20. The van der Waals surface area contributed by atoms with Crippen molar-refractivity contribution >= 4 is 0 Å². The van der Waals surface area contributed by atoms with Gasteiger partial charge in [-0.2, -0.15) is 0 Å². The molecule has 1 aliphatic heterocycles. The molecule has 0 amide bonds. The lowest BCUT2D eigenvalue weighted by molar-refractivity contribution is -0.0480. The summed E-state index contributed by atoms with van der Waals surface area (Å²) in [5.74, 6) is 0. The first kappa shape index (κ1) is 17.4. The fourth-order valence-electron chi connectivity index (χ4n) is 3.06. The highest BCUT2D eigenvalue weighted by Crippen LogP contribution is 2.14. The Hall–Kier alpha value is -0.940. The van der Waals surface area contributed by atoms with Gasteiger partial charge in [0.25, 0.3) is 0 Å². The van der Waals surface area contributed by atoms with Crippen molar-refractivity contribution in [3.63, 3.8) is 0 Å². The van der Waals surface area contributed by atoms with Crippen molar-refractivity contribution in [2.75, 3.05) is 26.3 Å². The Balaban J connectivity index is 1.84. The molecule has 3 unspecified atom stereocenters. The van der Waals surface area contributed by atoms with Gasteiger partial charge in [-0.1, -0.05) is 37.3 Å². The fraction of sp³-hybridized carbons (Fsp3) is 0.667. The van der Waals surface area contributed by atoms with Crippen LogP contribution in [0.4, 0.5) is 0 Å². The Labute approximate surface area is 134 Å². The second-order valence-electron chi connectivity index (χ2n) is 6.20. The van der Waals surface area contributed by atoms with E-state index in [0.29, 0.717) is 12.1 Å². The number of ether oxygens (including phenoxy) is 1. The molecule has 1 fully saturated rings. The molecule has 1 aromatic carbocycles. The number of benzene rings is 1. The van der Waals surface area contributed by atoms with Crippen LogP contribution < -0.4 is 5.32 Å². The van der Waals surface area contributed by atoms with Crippen LogP contribution in [0.5, 0.6) is 0 Å². The summed E-state index contributed by atoms with van der Waals surface area (Å²) in [6, 6.07) is 11.3. The molecule has 0 aromatic heterocycles. The molecule has 0 radical (unpaired) electrons. The maximum atomic E-state index is 9.12. The predicted octanol–water partition coefficient (Wildman–Crippen LogP) is 2.03. The zero-order valence-corrected chi connectivity index (χ0v) is 13.9. The highest BCUT2D eigenvalue weighted by Gasteiger charge is 2.26. The molecular formula is C18H30N2O2. The van der Waals surface area contributed by atoms with Crippen molar-refractivity contribution in [1.82, 2.24) is 10.2 Å². The van der Waals surface area contributed by atoms with Gasteiger partial charge in [0.05, 0.1) is 12.7 Å². The van der Waals surface area contributed by atoms with Gasteiger partial charge in [-0.25, -0.2) is 0 Å². The van der Waals surface area contributed by atoms with Crippen LogP contribution in [0.25, 0.3) is 0 Å². The molecule has 1 heterocycles. The number of morpholine rings is 1. The topological polar surface area (TPSA) is 44.7 Å². The van der Waals surface area contributed by atoms with E-state index in [2.05, 4.69) is 54.4 Å². The minimum absolute atomic E-state index is 0.213. The summed E-state index contributed by atoms with van der Waals surface area (Å²) in [7, 11) is 0. The summed E-state index contributed by atoms with van der Waals surface area (Å²) in [5, 5.41) is 12.7. The SMILES string of the molecule is CCC(CCO)NC(C)C1CN(Cc2ccccc2)CCO1. The minimum atomic E-state index is 0.213. The maximum absolute atomic E-state index is 9.12. The molecule has 0 aliphatic carbocycles. The van der Waals surface area contributed by atoms with Gasteiger partial charge in [0, 0.05) is 38.3 Å². The van der Waals surface area contributed by atoms with Gasteiger partial charge in [0.2, 0.25) is 0 Å². The third-order valence-electron chi connectivity index (χ3n) is 4.45. The largest absolute Gasteiger partial charge is 0.396 e. The van der Waals surface area contributed by atoms with Crippen molar-refractivity contribution < 1.29 is 9.84 Å². The lowest BCUT2D eigenvalue weighted by Crippen LogP contribution is -2.52. The number of nitrogens with one attached hydrogen (secondary N) is 1. The lowest BCUT2D eigenvalue weighted by Gasteiger charge is -2.37. The smallest absolute Gasteiger partial charge is 0.0852 e. The monoisotopic (exact) mass is 306 g/mol. The molecule has 4 heteroatoms. The van der Waals surface area contributed by atoms with Gasteiger partial charge >= 0.3 is 0 Å². The molecule has 0 spiro atoms. The first-order valence-electron chi connectivity index (χ1n) is 8.47. The van der Waals surface area contributed by atoms with Gasteiger partial charge < -0.3 is 15.2 Å². The Morgan fingerprint density at radius 2 is 2.14 bits per heavy atom. The van der Waals surface area contributed by atoms with Crippen molar-refractivity contribution in [2.45, 2.75) is 51.4 Å².